The van der Waals surface area contributed by atoms with Crippen molar-refractivity contribution in [3.05, 3.63) is 0 Å². The van der Waals surface area contributed by atoms with E-state index >= 15 is 0 Å². The highest BCUT2D eigenvalue weighted by atomic mass is 19.4. The Morgan fingerprint density at radius 3 is 0.943 bits per heavy atom. The van der Waals surface area contributed by atoms with Crippen molar-refractivity contribution in [2.75, 3.05) is 0 Å². The Balaban J connectivity index is 1.43. The molecule has 0 aromatic carbocycles. The molecule has 0 atom stereocenters. The smallest absolute Gasteiger partial charge is 0.311 e. The summed E-state index contributed by atoms with van der Waals surface area (Å²) in [6, 6.07) is 0.826. The number of hydrogen-bond donors (Lipinski definition) is 2. The Labute approximate surface area is 206 Å². The molecule has 0 aliphatic heterocycles. The summed E-state index contributed by atoms with van der Waals surface area (Å²) in [4.78, 5) is 0. The minimum absolute atomic E-state index is 0.00363. The molecule has 2 nitrogen and oxygen atoms in total. The molecule has 4 aliphatic rings. The lowest BCUT2D eigenvalue weighted by Crippen LogP contribution is -2.61. The lowest BCUT2D eigenvalue weighted by atomic mass is 9.57. The molecule has 0 heterocycles. The first kappa shape index (κ1) is 27.5. The Kier molecular flexibility index (Phi) is 9.04. The van der Waals surface area contributed by atoms with Crippen LogP contribution in [0, 0.1) is 17.3 Å². The van der Waals surface area contributed by atoms with Crippen molar-refractivity contribution < 1.29 is 26.3 Å². The second-order valence-electron chi connectivity index (χ2n) is 12.0. The number of rotatable bonds is 6. The van der Waals surface area contributed by atoms with E-state index in [9.17, 15) is 26.3 Å². The van der Waals surface area contributed by atoms with Gasteiger partial charge in [-0.3, -0.25) is 0 Å². The molecule has 204 valence electrons. The fraction of sp³-hybridized carbons (Fsp3) is 1.00. The van der Waals surface area contributed by atoms with Crippen molar-refractivity contribution in [2.45, 2.75) is 152 Å². The highest BCUT2D eigenvalue weighted by Crippen LogP contribution is 2.64. The average molecular weight is 511 g/mol. The van der Waals surface area contributed by atoms with Gasteiger partial charge in [0.1, 0.15) is 0 Å². The Morgan fingerprint density at radius 2 is 0.657 bits per heavy atom. The highest BCUT2D eigenvalue weighted by molar-refractivity contribution is 5.06. The summed E-state index contributed by atoms with van der Waals surface area (Å²) < 4.78 is 87.8. The quantitative estimate of drug-likeness (QED) is 0.353. The summed E-state index contributed by atoms with van der Waals surface area (Å²) in [5, 5.41) is 7.12. The molecule has 4 fully saturated rings. The predicted octanol–water partition coefficient (Wildman–Crippen LogP) is 8.06. The van der Waals surface area contributed by atoms with Gasteiger partial charge in [0.25, 0.3) is 0 Å². The molecule has 0 bridgehead atoms. The molecule has 2 N–H and O–H groups in total. The Morgan fingerprint density at radius 1 is 0.371 bits per heavy atom. The summed E-state index contributed by atoms with van der Waals surface area (Å²) in [5.74, 6) is -2.75. The zero-order valence-corrected chi connectivity index (χ0v) is 21.0. The van der Waals surface area contributed by atoms with Gasteiger partial charge in [-0.15, -0.1) is 0 Å². The van der Waals surface area contributed by atoms with Crippen molar-refractivity contribution in [3.8, 4) is 0 Å². The van der Waals surface area contributed by atoms with Crippen LogP contribution in [0.2, 0.25) is 0 Å². The fourth-order valence-electron chi connectivity index (χ4n) is 8.06. The van der Waals surface area contributed by atoms with Crippen LogP contribution in [0.4, 0.5) is 26.3 Å². The number of alkyl halides is 6. The van der Waals surface area contributed by atoms with E-state index in [-0.39, 0.29) is 37.8 Å². The van der Waals surface area contributed by atoms with Crippen LogP contribution in [0.25, 0.3) is 0 Å². The van der Waals surface area contributed by atoms with Gasteiger partial charge in [0.15, 0.2) is 5.41 Å². The monoisotopic (exact) mass is 510 g/mol. The van der Waals surface area contributed by atoms with Crippen molar-refractivity contribution in [3.63, 3.8) is 0 Å². The van der Waals surface area contributed by atoms with Crippen LogP contribution in [-0.4, -0.2) is 36.5 Å². The van der Waals surface area contributed by atoms with Gasteiger partial charge in [-0.1, -0.05) is 38.5 Å². The van der Waals surface area contributed by atoms with Crippen LogP contribution in [0.15, 0.2) is 0 Å². The number of nitrogens with one attached hydrogen (secondary N) is 2. The van der Waals surface area contributed by atoms with Gasteiger partial charge in [-0.05, 0) is 88.9 Å². The van der Waals surface area contributed by atoms with E-state index < -0.39 is 29.6 Å². The average Bonchev–Trinajstić information content (AvgIpc) is 2.81. The fourth-order valence-corrected chi connectivity index (χ4v) is 8.06. The van der Waals surface area contributed by atoms with Crippen LogP contribution < -0.4 is 10.6 Å². The van der Waals surface area contributed by atoms with E-state index in [1.54, 1.807) is 0 Å². The first-order valence-corrected chi connectivity index (χ1v) is 14.3. The van der Waals surface area contributed by atoms with Gasteiger partial charge in [-0.25, -0.2) is 0 Å². The normalized spacial score (nSPS) is 33.1. The molecule has 8 heteroatoms. The minimum atomic E-state index is -5.28. The second kappa shape index (κ2) is 11.5. The summed E-state index contributed by atoms with van der Waals surface area (Å²) in [7, 11) is 0. The summed E-state index contributed by atoms with van der Waals surface area (Å²) in [6.07, 6.45) is 2.36. The first-order chi connectivity index (χ1) is 16.6. The van der Waals surface area contributed by atoms with Crippen molar-refractivity contribution in [1.29, 1.82) is 0 Å². The van der Waals surface area contributed by atoms with Crippen LogP contribution in [-0.2, 0) is 0 Å². The molecule has 0 saturated heterocycles. The van der Waals surface area contributed by atoms with E-state index in [0.717, 1.165) is 51.4 Å². The molecule has 0 spiro atoms. The zero-order chi connectivity index (χ0) is 25.1. The molecule has 35 heavy (non-hydrogen) atoms. The molecular weight excluding hydrogens is 466 g/mol. The van der Waals surface area contributed by atoms with E-state index in [0.29, 0.717) is 37.8 Å². The van der Waals surface area contributed by atoms with Crippen LogP contribution in [0.1, 0.15) is 116 Å². The molecule has 4 saturated carbocycles. The summed E-state index contributed by atoms with van der Waals surface area (Å²) in [5.41, 5.74) is -3.58. The molecule has 0 amide bonds. The second-order valence-corrected chi connectivity index (χ2v) is 12.0. The van der Waals surface area contributed by atoms with E-state index in [2.05, 4.69) is 10.6 Å². The van der Waals surface area contributed by atoms with E-state index in [4.69, 9.17) is 0 Å². The minimum Gasteiger partial charge on any atom is -0.311 e. The molecule has 0 aromatic rings. The first-order valence-electron chi connectivity index (χ1n) is 14.3. The van der Waals surface area contributed by atoms with Crippen LogP contribution in [0.3, 0.4) is 0 Å². The standard InChI is InChI=1S/C27H44F6N2/c28-26(29,30)25(27(31,32)33,19-11-15-23(16-12-19)34-21-7-3-1-4-8-21)20-13-17-24(18-14-20)35-22-9-5-2-6-10-22/h19-24,34-35H,1-18H2. The van der Waals surface area contributed by atoms with Gasteiger partial charge < -0.3 is 10.6 Å². The Hall–Kier alpha value is -0.500. The maximum Gasteiger partial charge on any atom is 0.403 e. The van der Waals surface area contributed by atoms with Crippen LogP contribution in [0.5, 0.6) is 0 Å². The molecule has 4 aliphatic carbocycles. The number of halogens is 6. The lowest BCUT2D eigenvalue weighted by Gasteiger charge is -2.52. The summed E-state index contributed by atoms with van der Waals surface area (Å²) >= 11 is 0. The Bertz CT molecular complexity index is 579. The van der Waals surface area contributed by atoms with Crippen molar-refractivity contribution >= 4 is 0 Å². The molecule has 0 aromatic heterocycles. The predicted molar refractivity (Wildman–Crippen MR) is 126 cm³/mol. The van der Waals surface area contributed by atoms with Crippen LogP contribution >= 0.6 is 0 Å². The van der Waals surface area contributed by atoms with Crippen molar-refractivity contribution in [1.82, 2.24) is 10.6 Å². The third-order valence-electron chi connectivity index (χ3n) is 9.83. The topological polar surface area (TPSA) is 24.1 Å². The molecule has 0 radical (unpaired) electrons. The molecule has 4 rings (SSSR count). The van der Waals surface area contributed by atoms with Gasteiger partial charge in [0.05, 0.1) is 0 Å². The SMILES string of the molecule is FC(F)(F)C(C1CCC(NC2CCCCC2)CC1)(C1CCC(NC2CCCCC2)CC1)C(F)(F)F. The van der Waals surface area contributed by atoms with Gasteiger partial charge in [0, 0.05) is 24.2 Å². The third kappa shape index (κ3) is 6.15. The zero-order valence-electron chi connectivity index (χ0n) is 21.0. The largest absolute Gasteiger partial charge is 0.403 e. The van der Waals surface area contributed by atoms with E-state index in [1.807, 2.05) is 0 Å². The van der Waals surface area contributed by atoms with E-state index in [1.165, 1.54) is 12.8 Å². The molecular formula is C27H44F6N2. The van der Waals surface area contributed by atoms with Crippen molar-refractivity contribution in [2.24, 2.45) is 17.3 Å². The van der Waals surface area contributed by atoms with Gasteiger partial charge in [-0.2, -0.15) is 26.3 Å². The molecule has 0 unspecified atom stereocenters. The highest BCUT2D eigenvalue weighted by Gasteiger charge is 2.76. The summed E-state index contributed by atoms with van der Waals surface area (Å²) in [6.45, 7) is 0. The van der Waals surface area contributed by atoms with Gasteiger partial charge >= 0.3 is 12.4 Å². The lowest BCUT2D eigenvalue weighted by molar-refractivity contribution is -0.382. The number of hydrogen-bond acceptors (Lipinski definition) is 2. The van der Waals surface area contributed by atoms with Gasteiger partial charge in [0.2, 0.25) is 0 Å². The maximum absolute atomic E-state index is 14.6. The maximum atomic E-state index is 14.6. The third-order valence-corrected chi connectivity index (χ3v) is 9.83.